The van der Waals surface area contributed by atoms with Crippen molar-refractivity contribution < 1.29 is 5.11 Å². The lowest BCUT2D eigenvalue weighted by Gasteiger charge is -2.19. The molecule has 1 rings (SSSR count). The molecule has 0 aliphatic carbocycles. The van der Waals surface area contributed by atoms with Gasteiger partial charge in [-0.15, -0.1) is 0 Å². The molecule has 0 aromatic carbocycles. The van der Waals surface area contributed by atoms with Crippen molar-refractivity contribution in [2.24, 2.45) is 5.41 Å². The molecule has 3 nitrogen and oxygen atoms in total. The number of imidazole rings is 1. The molecule has 0 spiro atoms. The van der Waals surface area contributed by atoms with Crippen LogP contribution in [0.2, 0.25) is 0 Å². The molecule has 3 heteroatoms. The maximum absolute atomic E-state index is 9.91. The van der Waals surface area contributed by atoms with Crippen molar-refractivity contribution in [3.63, 3.8) is 0 Å². The van der Waals surface area contributed by atoms with Crippen molar-refractivity contribution >= 4 is 0 Å². The zero-order valence-electron chi connectivity index (χ0n) is 12.8. The van der Waals surface area contributed by atoms with Crippen LogP contribution in [0.3, 0.4) is 0 Å². The Morgan fingerprint density at radius 1 is 1.11 bits per heavy atom. The second kappa shape index (κ2) is 8.36. The first kappa shape index (κ1) is 16.2. The van der Waals surface area contributed by atoms with Gasteiger partial charge in [-0.1, -0.05) is 40.0 Å². The average molecular weight is 266 g/mol. The Hall–Kier alpha value is -0.830. The molecule has 0 fully saturated rings. The fourth-order valence-electron chi connectivity index (χ4n) is 2.28. The second-order valence-electron chi connectivity index (χ2n) is 6.76. The van der Waals surface area contributed by atoms with E-state index in [-0.39, 0.29) is 6.10 Å². The van der Waals surface area contributed by atoms with Crippen LogP contribution in [0.4, 0.5) is 0 Å². The fourth-order valence-corrected chi connectivity index (χ4v) is 2.28. The maximum atomic E-state index is 9.91. The highest BCUT2D eigenvalue weighted by Crippen LogP contribution is 2.22. The summed E-state index contributed by atoms with van der Waals surface area (Å²) in [6.45, 7) is 7.82. The number of rotatable bonds is 9. The molecule has 0 aliphatic rings. The van der Waals surface area contributed by atoms with Crippen molar-refractivity contribution in [3.8, 4) is 0 Å². The van der Waals surface area contributed by atoms with Crippen LogP contribution in [0.5, 0.6) is 0 Å². The van der Waals surface area contributed by atoms with E-state index in [4.69, 9.17) is 0 Å². The van der Waals surface area contributed by atoms with E-state index in [0.717, 1.165) is 32.2 Å². The molecule has 0 amide bonds. The Bertz CT molecular complexity index is 314. The zero-order valence-corrected chi connectivity index (χ0v) is 12.8. The van der Waals surface area contributed by atoms with Gasteiger partial charge in [-0.25, -0.2) is 4.98 Å². The van der Waals surface area contributed by atoms with Crippen molar-refractivity contribution in [1.82, 2.24) is 9.55 Å². The van der Waals surface area contributed by atoms with Crippen molar-refractivity contribution in [2.75, 3.05) is 0 Å². The van der Waals surface area contributed by atoms with Crippen molar-refractivity contribution in [3.05, 3.63) is 18.7 Å². The number of aryl methyl sites for hydroxylation is 1. The van der Waals surface area contributed by atoms with Crippen LogP contribution in [0.25, 0.3) is 0 Å². The molecule has 1 atom stereocenters. The topological polar surface area (TPSA) is 38.0 Å². The van der Waals surface area contributed by atoms with Crippen LogP contribution in [-0.2, 0) is 6.54 Å². The zero-order chi connectivity index (χ0) is 14.1. The van der Waals surface area contributed by atoms with Gasteiger partial charge in [0, 0.05) is 18.9 Å². The summed E-state index contributed by atoms with van der Waals surface area (Å²) < 4.78 is 2.11. The standard InChI is InChI=1S/C16H30N2O/c1-16(2,3)10-7-9-15(19)8-5-4-6-12-18-13-11-17-14-18/h11,13-15,19H,4-10,12H2,1-3H3/t15-/m1/s1. The first-order valence-electron chi connectivity index (χ1n) is 7.61. The Labute approximate surface area is 118 Å². The summed E-state index contributed by atoms with van der Waals surface area (Å²) in [4.78, 5) is 4.03. The van der Waals surface area contributed by atoms with Crippen LogP contribution in [0.15, 0.2) is 18.7 Å². The van der Waals surface area contributed by atoms with Gasteiger partial charge >= 0.3 is 0 Å². The minimum absolute atomic E-state index is 0.101. The van der Waals surface area contributed by atoms with E-state index >= 15 is 0 Å². The number of aliphatic hydroxyl groups excluding tert-OH is 1. The van der Waals surface area contributed by atoms with E-state index in [1.165, 1.54) is 19.3 Å². The van der Waals surface area contributed by atoms with E-state index in [1.54, 1.807) is 0 Å². The van der Waals surface area contributed by atoms with Gasteiger partial charge in [-0.2, -0.15) is 0 Å². The molecule has 1 heterocycles. The van der Waals surface area contributed by atoms with Crippen molar-refractivity contribution in [1.29, 1.82) is 0 Å². The van der Waals surface area contributed by atoms with E-state index < -0.39 is 0 Å². The average Bonchev–Trinajstić information content (AvgIpc) is 2.79. The number of hydrogen-bond acceptors (Lipinski definition) is 2. The van der Waals surface area contributed by atoms with Gasteiger partial charge in [0.25, 0.3) is 0 Å². The fraction of sp³-hybridized carbons (Fsp3) is 0.812. The third kappa shape index (κ3) is 8.82. The van der Waals surface area contributed by atoms with Crippen LogP contribution in [-0.4, -0.2) is 20.8 Å². The van der Waals surface area contributed by atoms with E-state index in [1.807, 2.05) is 18.7 Å². The first-order valence-corrected chi connectivity index (χ1v) is 7.61. The number of aromatic nitrogens is 2. The Balaban J connectivity index is 1.94. The first-order chi connectivity index (χ1) is 8.97. The van der Waals surface area contributed by atoms with Gasteiger partial charge in [0.05, 0.1) is 12.4 Å². The molecule has 1 N–H and O–H groups in total. The summed E-state index contributed by atoms with van der Waals surface area (Å²) in [6, 6.07) is 0. The second-order valence-corrected chi connectivity index (χ2v) is 6.76. The quantitative estimate of drug-likeness (QED) is 0.685. The predicted octanol–water partition coefficient (Wildman–Crippen LogP) is 4.02. The summed E-state index contributed by atoms with van der Waals surface area (Å²) in [7, 11) is 0. The molecular formula is C16H30N2O. The van der Waals surface area contributed by atoms with E-state index in [2.05, 4.69) is 30.3 Å². The lowest BCUT2D eigenvalue weighted by atomic mass is 9.89. The number of unbranched alkanes of at least 4 members (excludes halogenated alkanes) is 2. The van der Waals surface area contributed by atoms with Crippen LogP contribution >= 0.6 is 0 Å². The highest BCUT2D eigenvalue weighted by atomic mass is 16.3. The molecule has 0 aliphatic heterocycles. The highest BCUT2D eigenvalue weighted by molar-refractivity contribution is 4.73. The molecule has 0 bridgehead atoms. The SMILES string of the molecule is CC(C)(C)CCC[C@H](O)CCCCCn1ccnc1. The lowest BCUT2D eigenvalue weighted by molar-refractivity contribution is 0.142. The maximum Gasteiger partial charge on any atom is 0.0945 e. The summed E-state index contributed by atoms with van der Waals surface area (Å²) in [6.07, 6.45) is 13.3. The number of nitrogens with zero attached hydrogens (tertiary/aromatic N) is 2. The molecule has 0 saturated heterocycles. The number of aliphatic hydroxyl groups is 1. The Morgan fingerprint density at radius 3 is 2.47 bits per heavy atom. The van der Waals surface area contributed by atoms with E-state index in [0.29, 0.717) is 5.41 Å². The van der Waals surface area contributed by atoms with Gasteiger partial charge in [0.15, 0.2) is 0 Å². The Kier molecular flexibility index (Phi) is 7.14. The largest absolute Gasteiger partial charge is 0.393 e. The molecule has 0 unspecified atom stereocenters. The normalized spacial score (nSPS) is 13.7. The summed E-state index contributed by atoms with van der Waals surface area (Å²) in [5.74, 6) is 0. The Morgan fingerprint density at radius 2 is 1.84 bits per heavy atom. The molecule has 110 valence electrons. The molecular weight excluding hydrogens is 236 g/mol. The monoisotopic (exact) mass is 266 g/mol. The minimum atomic E-state index is -0.101. The van der Waals surface area contributed by atoms with Crippen molar-refractivity contribution in [2.45, 2.75) is 78.4 Å². The predicted molar refractivity (Wildman–Crippen MR) is 80.0 cm³/mol. The van der Waals surface area contributed by atoms with E-state index in [9.17, 15) is 5.11 Å². The highest BCUT2D eigenvalue weighted by Gasteiger charge is 2.11. The molecule has 19 heavy (non-hydrogen) atoms. The van der Waals surface area contributed by atoms with Gasteiger partial charge in [-0.05, 0) is 31.1 Å². The van der Waals surface area contributed by atoms with Crippen LogP contribution in [0.1, 0.15) is 65.7 Å². The third-order valence-electron chi connectivity index (χ3n) is 3.48. The number of hydrogen-bond donors (Lipinski definition) is 1. The molecule has 0 radical (unpaired) electrons. The van der Waals surface area contributed by atoms with Crippen LogP contribution < -0.4 is 0 Å². The smallest absolute Gasteiger partial charge is 0.0945 e. The molecule has 1 aromatic rings. The minimum Gasteiger partial charge on any atom is -0.393 e. The van der Waals surface area contributed by atoms with Gasteiger partial charge in [-0.3, -0.25) is 0 Å². The molecule has 0 saturated carbocycles. The van der Waals surface area contributed by atoms with Gasteiger partial charge in [0.2, 0.25) is 0 Å². The van der Waals surface area contributed by atoms with Gasteiger partial charge in [0.1, 0.15) is 0 Å². The van der Waals surface area contributed by atoms with Gasteiger partial charge < -0.3 is 9.67 Å². The summed E-state index contributed by atoms with van der Waals surface area (Å²) in [5, 5.41) is 9.91. The van der Waals surface area contributed by atoms with Crippen LogP contribution in [0, 0.1) is 5.41 Å². The summed E-state index contributed by atoms with van der Waals surface area (Å²) in [5.41, 5.74) is 0.393. The summed E-state index contributed by atoms with van der Waals surface area (Å²) >= 11 is 0. The lowest BCUT2D eigenvalue weighted by Crippen LogP contribution is -2.10. The molecule has 1 aromatic heterocycles. The third-order valence-corrected chi connectivity index (χ3v) is 3.48.